The molecule has 12 nitrogen and oxygen atoms in total. The van der Waals surface area contributed by atoms with Gasteiger partial charge in [0.05, 0.1) is 0 Å². The zero-order chi connectivity index (χ0) is 34.3. The summed E-state index contributed by atoms with van der Waals surface area (Å²) in [5.41, 5.74) is 0. The molecule has 46 heavy (non-hydrogen) atoms. The molecule has 1 saturated heterocycles. The van der Waals surface area contributed by atoms with Gasteiger partial charge in [-0.2, -0.15) is 0 Å². The van der Waals surface area contributed by atoms with Crippen LogP contribution in [-0.4, -0.2) is 186 Å². The lowest BCUT2D eigenvalue weighted by molar-refractivity contribution is 0.122. The first kappa shape index (κ1) is 44.0. The van der Waals surface area contributed by atoms with Gasteiger partial charge in [0, 0.05) is 93.0 Å². The van der Waals surface area contributed by atoms with Crippen LogP contribution in [0.3, 0.4) is 0 Å². The summed E-state index contributed by atoms with van der Waals surface area (Å²) in [6, 6.07) is 2.74. The van der Waals surface area contributed by atoms with Crippen molar-refractivity contribution in [3.05, 3.63) is 0 Å². The van der Waals surface area contributed by atoms with E-state index >= 15 is 0 Å². The fourth-order valence-corrected chi connectivity index (χ4v) is 9.66. The summed E-state index contributed by atoms with van der Waals surface area (Å²) in [6.45, 7) is 11.2. The third-order valence-corrected chi connectivity index (χ3v) is 15.1. The lowest BCUT2D eigenvalue weighted by Crippen LogP contribution is -2.47. The first-order valence-corrected chi connectivity index (χ1v) is 21.5. The second kappa shape index (κ2) is 25.9. The molecule has 0 spiro atoms. The zero-order valence-corrected chi connectivity index (χ0v) is 33.5. The molecule has 2 unspecified atom stereocenters. The molecule has 0 aromatic rings. The molecule has 1 heterocycles. The highest BCUT2D eigenvalue weighted by atomic mass is 28.4. The Morgan fingerprint density at radius 3 is 1.13 bits per heavy atom. The van der Waals surface area contributed by atoms with Crippen LogP contribution < -0.4 is 10.6 Å². The average Bonchev–Trinajstić information content (AvgIpc) is 3.06. The van der Waals surface area contributed by atoms with Gasteiger partial charge in [0.1, 0.15) is 0 Å². The van der Waals surface area contributed by atoms with E-state index in [1.54, 1.807) is 42.7 Å². The summed E-state index contributed by atoms with van der Waals surface area (Å²) < 4.78 is 33.5. The Bertz CT molecular complexity index is 642. The fourth-order valence-electron chi connectivity index (χ4n) is 6.22. The molecule has 276 valence electrons. The second-order valence-electron chi connectivity index (χ2n) is 13.3. The molecule has 0 bridgehead atoms. The summed E-state index contributed by atoms with van der Waals surface area (Å²) in [4.78, 5) is 9.90. The summed E-state index contributed by atoms with van der Waals surface area (Å²) in [6.07, 6.45) is 9.22. The van der Waals surface area contributed by atoms with E-state index in [1.807, 2.05) is 0 Å². The van der Waals surface area contributed by atoms with Crippen LogP contribution in [0.15, 0.2) is 0 Å². The monoisotopic (exact) mass is 695 g/mol. The minimum atomic E-state index is -2.49. The first-order valence-electron chi connectivity index (χ1n) is 17.6. The molecule has 0 saturated carbocycles. The van der Waals surface area contributed by atoms with Gasteiger partial charge in [-0.3, -0.25) is 0 Å². The Morgan fingerprint density at radius 1 is 0.522 bits per heavy atom. The number of piperazine rings is 1. The normalized spacial score (nSPS) is 17.0. The van der Waals surface area contributed by atoms with Crippen molar-refractivity contribution < 1.29 is 26.6 Å². The van der Waals surface area contributed by atoms with Crippen LogP contribution in [0.1, 0.15) is 51.4 Å². The lowest BCUT2D eigenvalue weighted by atomic mass is 10.1. The van der Waals surface area contributed by atoms with Gasteiger partial charge in [0.2, 0.25) is 0 Å². The van der Waals surface area contributed by atoms with Crippen molar-refractivity contribution in [2.24, 2.45) is 0 Å². The zero-order valence-electron chi connectivity index (χ0n) is 31.5. The number of nitrogens with one attached hydrogen (secondary N) is 2. The van der Waals surface area contributed by atoms with E-state index < -0.39 is 17.6 Å². The molecule has 1 rings (SSSR count). The molecular formula is C32H74N6O6Si2. The molecule has 0 aliphatic carbocycles. The van der Waals surface area contributed by atoms with Crippen molar-refractivity contribution in [3.8, 4) is 0 Å². The van der Waals surface area contributed by atoms with E-state index in [1.165, 1.54) is 77.8 Å². The molecule has 0 aromatic heterocycles. The minimum Gasteiger partial charge on any atom is -0.377 e. The van der Waals surface area contributed by atoms with Crippen molar-refractivity contribution >= 4 is 17.6 Å². The summed E-state index contributed by atoms with van der Waals surface area (Å²) in [5.74, 6) is 0. The van der Waals surface area contributed by atoms with Crippen LogP contribution >= 0.6 is 0 Å². The summed E-state index contributed by atoms with van der Waals surface area (Å²) in [7, 11) is 13.8. The Morgan fingerprint density at radius 2 is 0.848 bits per heavy atom. The fraction of sp³-hybridized carbons (Fsp3) is 1.00. The van der Waals surface area contributed by atoms with Gasteiger partial charge in [-0.15, -0.1) is 0 Å². The van der Waals surface area contributed by atoms with Gasteiger partial charge in [0.15, 0.2) is 0 Å². The van der Waals surface area contributed by atoms with Crippen molar-refractivity contribution in [1.82, 2.24) is 30.2 Å². The Kier molecular flexibility index (Phi) is 24.7. The SMILES string of the molecule is CO[Si](CCCNC(CCCN1CCN(CCCC(CCN(C)C)NCCC[Si](OC)(OC)OC)CC1)CCN(C)C)(OC)OC. The maximum Gasteiger partial charge on any atom is 0.500 e. The van der Waals surface area contributed by atoms with E-state index in [0.29, 0.717) is 12.1 Å². The van der Waals surface area contributed by atoms with Crippen LogP contribution in [0.5, 0.6) is 0 Å². The molecule has 1 fully saturated rings. The Balaban J connectivity index is 2.37. The van der Waals surface area contributed by atoms with E-state index in [9.17, 15) is 0 Å². The molecule has 14 heteroatoms. The van der Waals surface area contributed by atoms with E-state index in [0.717, 1.165) is 51.1 Å². The third-order valence-electron chi connectivity index (χ3n) is 9.42. The largest absolute Gasteiger partial charge is 0.500 e. The smallest absolute Gasteiger partial charge is 0.377 e. The van der Waals surface area contributed by atoms with Crippen LogP contribution in [0.25, 0.3) is 0 Å². The molecule has 0 amide bonds. The van der Waals surface area contributed by atoms with Gasteiger partial charge in [0.25, 0.3) is 0 Å². The van der Waals surface area contributed by atoms with Crippen LogP contribution in [-0.2, 0) is 26.6 Å². The average molecular weight is 695 g/mol. The number of hydrogen-bond donors (Lipinski definition) is 2. The summed E-state index contributed by atoms with van der Waals surface area (Å²) in [5, 5.41) is 7.64. The predicted molar refractivity (Wildman–Crippen MR) is 194 cm³/mol. The predicted octanol–water partition coefficient (Wildman–Crippen LogP) is 2.52. The summed E-state index contributed by atoms with van der Waals surface area (Å²) >= 11 is 0. The van der Waals surface area contributed by atoms with E-state index in [2.05, 4.69) is 58.4 Å². The van der Waals surface area contributed by atoms with Gasteiger partial charge in [-0.1, -0.05) is 0 Å². The lowest BCUT2D eigenvalue weighted by Gasteiger charge is -2.35. The highest BCUT2D eigenvalue weighted by Crippen LogP contribution is 2.16. The maximum atomic E-state index is 5.59. The van der Waals surface area contributed by atoms with Crippen molar-refractivity contribution in [1.29, 1.82) is 0 Å². The van der Waals surface area contributed by atoms with Crippen LogP contribution in [0.2, 0.25) is 12.1 Å². The molecule has 0 radical (unpaired) electrons. The molecule has 2 atom stereocenters. The van der Waals surface area contributed by atoms with Gasteiger partial charge >= 0.3 is 17.6 Å². The number of hydrogen-bond acceptors (Lipinski definition) is 12. The standard InChI is InChI=1S/C32H74N6O6Si2/c1-35(2)23-17-31(33-19-13-29-45(39-5,40-6)41-7)15-11-21-37-25-27-38(28-26-37)22-12-16-32(18-24-36(3)4)34-20-14-30-46(42-8,43-9)44-10/h31-34H,11-30H2,1-10H3. The quantitative estimate of drug-likeness (QED) is 0.0856. The first-order chi connectivity index (χ1) is 22.1. The van der Waals surface area contributed by atoms with Crippen molar-refractivity contribution in [2.75, 3.05) is 136 Å². The van der Waals surface area contributed by atoms with Crippen molar-refractivity contribution in [3.63, 3.8) is 0 Å². The second-order valence-corrected chi connectivity index (χ2v) is 19.4. The molecule has 0 aromatic carbocycles. The Hall–Kier alpha value is -0.0462. The van der Waals surface area contributed by atoms with Gasteiger partial charge < -0.3 is 56.8 Å². The minimum absolute atomic E-state index is 0.533. The van der Waals surface area contributed by atoms with Gasteiger partial charge in [-0.25, -0.2) is 0 Å². The molecule has 1 aliphatic heterocycles. The number of rotatable bonds is 30. The van der Waals surface area contributed by atoms with E-state index in [-0.39, 0.29) is 0 Å². The topological polar surface area (TPSA) is 92.4 Å². The Labute approximate surface area is 285 Å². The maximum absolute atomic E-state index is 5.59. The van der Waals surface area contributed by atoms with Crippen molar-refractivity contribution in [2.45, 2.75) is 75.5 Å². The highest BCUT2D eigenvalue weighted by molar-refractivity contribution is 6.60. The highest BCUT2D eigenvalue weighted by Gasteiger charge is 2.37. The van der Waals surface area contributed by atoms with Crippen LogP contribution in [0, 0.1) is 0 Å². The number of nitrogens with zero attached hydrogens (tertiary/aromatic N) is 4. The molecular weight excluding hydrogens is 621 g/mol. The molecule has 1 aliphatic rings. The van der Waals surface area contributed by atoms with Gasteiger partial charge in [-0.05, 0) is 119 Å². The third kappa shape index (κ3) is 18.6. The van der Waals surface area contributed by atoms with E-state index in [4.69, 9.17) is 26.6 Å². The van der Waals surface area contributed by atoms with Crippen LogP contribution in [0.4, 0.5) is 0 Å². The molecule has 2 N–H and O–H groups in total.